The fraction of sp³-hybridized carbons (Fsp3) is 0.312. The second-order valence-electron chi connectivity index (χ2n) is 10.5. The third-order valence-corrected chi connectivity index (χ3v) is 10.4. The third-order valence-electron chi connectivity index (χ3n) is 7.27. The first-order valence-electron chi connectivity index (χ1n) is 15.1. The first-order chi connectivity index (χ1) is 24.0. The van der Waals surface area contributed by atoms with Gasteiger partial charge in [-0.2, -0.15) is 0 Å². The number of amides is 3. The topological polar surface area (TPSA) is 190 Å². The minimum absolute atomic E-state index is 0. The molecule has 1 unspecified atom stereocenters. The summed E-state index contributed by atoms with van der Waals surface area (Å²) in [5.41, 5.74) is 4.61. The number of para-hydroxylation sites is 1. The number of nitrogens with zero attached hydrogens (tertiary/aromatic N) is 1. The molecule has 1 aliphatic rings. The zero-order valence-corrected chi connectivity index (χ0v) is 35.4. The van der Waals surface area contributed by atoms with Gasteiger partial charge < -0.3 is 34.6 Å². The van der Waals surface area contributed by atoms with Gasteiger partial charge in [-0.15, -0.1) is 0 Å². The molecular formula is C32H35ClFm2N3O11PS2. The molecule has 3 aromatic carbocycles. The van der Waals surface area contributed by atoms with Crippen LogP contribution in [0.2, 0.25) is 0 Å². The van der Waals surface area contributed by atoms with Crippen molar-refractivity contribution in [1.29, 1.82) is 0 Å². The van der Waals surface area contributed by atoms with Gasteiger partial charge in [-0.25, -0.2) is 14.2 Å². The Labute approximate surface area is 301 Å². The number of hydrogen-bond donors (Lipinski definition) is 4. The zero-order chi connectivity index (χ0) is 36.1. The SMILES string of the molecule is COC(=O)COCCN(C(=O)Cl)c1ccccc1SSCC(NC(=O)OCC1c2ccccc2-c2ccccc21)C(=O)NCCOP(=O)(O)O.[Fm].[Fm]. The fourth-order valence-corrected chi connectivity index (χ4v) is 7.90. The number of nitrogens with one attached hydrogen (secondary N) is 2. The molecule has 4 N–H and O–H groups in total. The average Bonchev–Trinajstić information content (AvgIpc) is 3.41. The van der Waals surface area contributed by atoms with E-state index < -0.39 is 43.8 Å². The van der Waals surface area contributed by atoms with E-state index in [-0.39, 0.29) is 44.6 Å². The van der Waals surface area contributed by atoms with Gasteiger partial charge in [0.1, 0.15) is 19.3 Å². The summed E-state index contributed by atoms with van der Waals surface area (Å²) in [5.74, 6) is -1.40. The number of alkyl carbamates (subject to hydrolysis) is 1. The number of methoxy groups -OCH3 is 1. The molecule has 0 radical (unpaired) electrons. The number of benzene rings is 3. The van der Waals surface area contributed by atoms with E-state index in [0.717, 1.165) is 22.3 Å². The van der Waals surface area contributed by atoms with Gasteiger partial charge in [-0.05, 0) is 46.0 Å². The molecule has 0 spiro atoms. The first kappa shape index (κ1) is 42.6. The third kappa shape index (κ3) is 12.0. The molecule has 1 aliphatic carbocycles. The number of esters is 1. The van der Waals surface area contributed by atoms with Crippen LogP contribution in [0.15, 0.2) is 77.7 Å². The van der Waals surface area contributed by atoms with Gasteiger partial charge in [0, 0.05) is 23.1 Å². The number of carbonyl (C=O) groups excluding carboxylic acids is 4. The van der Waals surface area contributed by atoms with E-state index in [1.807, 2.05) is 48.5 Å². The van der Waals surface area contributed by atoms with Crippen molar-refractivity contribution in [2.45, 2.75) is 16.9 Å². The summed E-state index contributed by atoms with van der Waals surface area (Å²) in [6.45, 7) is -0.943. The van der Waals surface area contributed by atoms with Crippen LogP contribution >= 0.6 is 41.0 Å². The predicted octanol–water partition coefficient (Wildman–Crippen LogP) is 4.91. The minimum atomic E-state index is -4.74. The van der Waals surface area contributed by atoms with Crippen molar-refractivity contribution < 1.29 is 52.3 Å². The number of anilines is 1. The average molecular weight is 1280 g/mol. The van der Waals surface area contributed by atoms with Crippen LogP contribution in [0, 0.1) is 0 Å². The van der Waals surface area contributed by atoms with Crippen molar-refractivity contribution in [2.75, 3.05) is 57.3 Å². The standard InChI is InChI=1S/C32H35ClN3O11PS2.2Fm/c1-44-29(37)19-45-17-15-36(31(33)39)27-12-6-7-13-28(27)50-49-20-26(30(38)34-14-16-47-48(41,42)43)35-32(40)46-18-25-23-10-4-2-8-21(23)22-9-3-5-11-24(22)25;;/h2-13,25-26H,14-20H2,1H3,(H,34,38)(H,35,40)(H2,41,42,43);;. The molecule has 3 amide bonds. The summed E-state index contributed by atoms with van der Waals surface area (Å²) >= 11 is 5.87. The van der Waals surface area contributed by atoms with Gasteiger partial charge in [-0.1, -0.05) is 82.3 Å². The largest absolute Gasteiger partial charge is 0.469 e. The number of fused-ring (bicyclic) bond motifs is 3. The number of carbonyl (C=O) groups is 4. The number of hydrogen-bond acceptors (Lipinski definition) is 11. The normalized spacial score (nSPS) is 12.2. The summed E-state index contributed by atoms with van der Waals surface area (Å²) in [4.78, 5) is 69.6. The predicted molar refractivity (Wildman–Crippen MR) is 189 cm³/mol. The Hall–Kier alpha value is -5.60. The van der Waals surface area contributed by atoms with Gasteiger partial charge in [0.15, 0.2) is 0 Å². The van der Waals surface area contributed by atoms with Gasteiger partial charge in [-0.3, -0.25) is 19.0 Å². The van der Waals surface area contributed by atoms with E-state index in [1.54, 1.807) is 24.3 Å². The maximum absolute atomic E-state index is 13.1. The first-order valence-corrected chi connectivity index (χ1v) is 19.3. The van der Waals surface area contributed by atoms with Crippen molar-refractivity contribution >= 4 is 70.0 Å². The van der Waals surface area contributed by atoms with Crippen molar-refractivity contribution in [3.05, 3.63) is 83.9 Å². The van der Waals surface area contributed by atoms with Gasteiger partial charge >= 0.3 is 25.3 Å². The second-order valence-corrected chi connectivity index (χ2v) is 14.5. The van der Waals surface area contributed by atoms with Crippen LogP contribution in [0.4, 0.5) is 15.3 Å². The Morgan fingerprint density at radius 1 is 0.942 bits per heavy atom. The molecule has 0 heterocycles. The molecule has 0 saturated heterocycles. The van der Waals surface area contributed by atoms with Gasteiger partial charge in [0.05, 0.1) is 32.6 Å². The van der Waals surface area contributed by atoms with Crippen LogP contribution in [-0.4, -0.2) is 91.5 Å². The summed E-state index contributed by atoms with van der Waals surface area (Å²) in [7, 11) is -1.11. The molecule has 0 bridgehead atoms. The molecule has 0 aromatic heterocycles. The van der Waals surface area contributed by atoms with Gasteiger partial charge in [0.25, 0.3) is 0 Å². The molecule has 52 heavy (non-hydrogen) atoms. The van der Waals surface area contributed by atoms with Crippen molar-refractivity contribution in [3.8, 4) is 11.1 Å². The maximum Gasteiger partial charge on any atom is 0.469 e. The van der Waals surface area contributed by atoms with Crippen LogP contribution in [0.3, 0.4) is 0 Å². The van der Waals surface area contributed by atoms with E-state index in [2.05, 4.69) is 19.9 Å². The fourth-order valence-electron chi connectivity index (χ4n) is 5.02. The van der Waals surface area contributed by atoms with Crippen LogP contribution in [0.25, 0.3) is 11.1 Å². The molecule has 1 atom stereocenters. The number of rotatable bonds is 18. The number of ether oxygens (including phenoxy) is 3. The van der Waals surface area contributed by atoms with Crippen molar-refractivity contribution in [3.63, 3.8) is 0 Å². The number of halogens is 1. The van der Waals surface area contributed by atoms with Crippen molar-refractivity contribution in [1.82, 2.24) is 10.6 Å². The van der Waals surface area contributed by atoms with E-state index in [4.69, 9.17) is 30.9 Å². The molecule has 14 nitrogen and oxygen atoms in total. The molecule has 0 saturated carbocycles. The molecule has 4 rings (SSSR count). The Balaban J connectivity index is 0.00000468. The van der Waals surface area contributed by atoms with Crippen molar-refractivity contribution in [2.24, 2.45) is 0 Å². The molecule has 3 aromatic rings. The minimum Gasteiger partial charge on any atom is -0.467 e. The Bertz CT molecular complexity index is 1680. The van der Waals surface area contributed by atoms with E-state index in [9.17, 15) is 23.7 Å². The summed E-state index contributed by atoms with van der Waals surface area (Å²) < 4.78 is 30.8. The molecule has 0 fully saturated rings. The molecule has 292 valence electrons. The van der Waals surface area contributed by atoms with Gasteiger partial charge in [0.2, 0.25) is 5.91 Å². The van der Waals surface area contributed by atoms with E-state index >= 15 is 0 Å². The maximum atomic E-state index is 13.1. The zero-order valence-electron chi connectivity index (χ0n) is 27.3. The summed E-state index contributed by atoms with van der Waals surface area (Å²) in [6.07, 6.45) is -0.838. The van der Waals surface area contributed by atoms with Crippen LogP contribution in [0.5, 0.6) is 0 Å². The van der Waals surface area contributed by atoms with Crippen LogP contribution in [-0.2, 0) is 32.9 Å². The van der Waals surface area contributed by atoms with Crippen LogP contribution < -0.4 is 15.5 Å². The molecular weight excluding hydrogens is 1250 g/mol. The Morgan fingerprint density at radius 3 is 2.17 bits per heavy atom. The monoisotopic (exact) mass is 1280 g/mol. The Kier molecular flexibility index (Phi) is 16.6. The number of phosphoric ester groups is 1. The molecule has 20 heteroatoms. The molecule has 0 aliphatic heterocycles. The summed E-state index contributed by atoms with van der Waals surface area (Å²) in [5, 5.41) is 4.31. The van der Waals surface area contributed by atoms with E-state index in [1.165, 1.54) is 33.6 Å². The second kappa shape index (κ2) is 20.3. The van der Waals surface area contributed by atoms with E-state index in [0.29, 0.717) is 10.6 Å². The smallest absolute Gasteiger partial charge is 0.467 e. The van der Waals surface area contributed by atoms with Crippen LogP contribution in [0.1, 0.15) is 17.0 Å². The Morgan fingerprint density at radius 2 is 1.56 bits per heavy atom. The quantitative estimate of drug-likeness (QED) is 0.0336. The number of phosphoric acid groups is 1. The summed E-state index contributed by atoms with van der Waals surface area (Å²) in [6, 6.07) is 21.5.